The highest BCUT2D eigenvalue weighted by Gasteiger charge is 2.24. The van der Waals surface area contributed by atoms with Crippen molar-refractivity contribution < 1.29 is 19.2 Å². The lowest BCUT2D eigenvalue weighted by Crippen LogP contribution is -2.16. The zero-order valence-corrected chi connectivity index (χ0v) is 14.5. The number of nitrogens with zero attached hydrogens (tertiary/aromatic N) is 1. The Morgan fingerprint density at radius 1 is 1.12 bits per heavy atom. The maximum absolute atomic E-state index is 12.3. The molecule has 0 N–H and O–H groups in total. The lowest BCUT2D eigenvalue weighted by Gasteiger charge is -2.16. The van der Waals surface area contributed by atoms with Crippen molar-refractivity contribution in [3.05, 3.63) is 74.3 Å². The van der Waals surface area contributed by atoms with Crippen molar-refractivity contribution in [2.75, 3.05) is 6.61 Å². The van der Waals surface area contributed by atoms with E-state index in [4.69, 9.17) is 4.74 Å². The largest absolute Gasteiger partial charge is 0.454 e. The second kappa shape index (κ2) is 7.47. The van der Waals surface area contributed by atoms with Gasteiger partial charge >= 0.3 is 5.97 Å². The van der Waals surface area contributed by atoms with Crippen LogP contribution in [-0.2, 0) is 17.6 Å². The zero-order chi connectivity index (χ0) is 18.7. The number of hydrogen-bond acceptors (Lipinski definition) is 5. The minimum atomic E-state index is -0.869. The number of aryl methyl sites for hydroxylation is 3. The third kappa shape index (κ3) is 3.64. The van der Waals surface area contributed by atoms with Crippen LogP contribution >= 0.6 is 0 Å². The van der Waals surface area contributed by atoms with E-state index in [0.29, 0.717) is 11.1 Å². The van der Waals surface area contributed by atoms with Crippen molar-refractivity contribution in [1.29, 1.82) is 0 Å². The van der Waals surface area contributed by atoms with E-state index in [0.717, 1.165) is 25.7 Å². The molecule has 3 rings (SSSR count). The molecular formula is C20H19NO5. The highest BCUT2D eigenvalue weighted by atomic mass is 16.6. The van der Waals surface area contributed by atoms with Gasteiger partial charge in [0.15, 0.2) is 12.4 Å². The Morgan fingerprint density at radius 2 is 1.85 bits per heavy atom. The molecule has 0 unspecified atom stereocenters. The second-order valence-electron chi connectivity index (χ2n) is 6.42. The fourth-order valence-electron chi connectivity index (χ4n) is 3.27. The summed E-state index contributed by atoms with van der Waals surface area (Å²) in [5.74, 6) is -1.19. The van der Waals surface area contributed by atoms with Gasteiger partial charge in [-0.3, -0.25) is 14.9 Å². The van der Waals surface area contributed by atoms with Crippen LogP contribution in [-0.4, -0.2) is 23.3 Å². The molecule has 6 heteroatoms. The molecule has 134 valence electrons. The summed E-state index contributed by atoms with van der Waals surface area (Å²) >= 11 is 0. The van der Waals surface area contributed by atoms with Gasteiger partial charge in [-0.1, -0.05) is 24.3 Å². The number of benzene rings is 2. The molecule has 26 heavy (non-hydrogen) atoms. The van der Waals surface area contributed by atoms with Crippen molar-refractivity contribution in [2.45, 2.75) is 32.6 Å². The number of fused-ring (bicyclic) bond motifs is 1. The number of ketones is 1. The summed E-state index contributed by atoms with van der Waals surface area (Å²) in [7, 11) is 0. The van der Waals surface area contributed by atoms with Gasteiger partial charge in [0.25, 0.3) is 5.69 Å². The number of nitro benzene ring substituents is 1. The van der Waals surface area contributed by atoms with Gasteiger partial charge < -0.3 is 4.74 Å². The number of hydrogen-bond donors (Lipinski definition) is 0. The number of para-hydroxylation sites is 1. The van der Waals surface area contributed by atoms with Gasteiger partial charge in [0, 0.05) is 11.1 Å². The SMILES string of the molecule is Cc1cccc(C(=O)OCC(=O)c2ccc3c(c2)CCCC3)c1[N+](=O)[O-]. The molecule has 0 bridgehead atoms. The Morgan fingerprint density at radius 3 is 2.58 bits per heavy atom. The summed E-state index contributed by atoms with van der Waals surface area (Å²) in [6.45, 7) is 1.11. The standard InChI is InChI=1S/C20H19NO5/c1-13-5-4-8-17(19(13)21(24)25)20(23)26-12-18(22)16-10-9-14-6-2-3-7-15(14)11-16/h4-5,8-11H,2-3,6-7,12H2,1H3. The van der Waals surface area contributed by atoms with Crippen LogP contribution in [0.1, 0.15) is 50.2 Å². The first-order valence-corrected chi connectivity index (χ1v) is 8.53. The Bertz CT molecular complexity index is 888. The number of Topliss-reactive ketones (excluding diaryl/α,β-unsaturated/α-hetero) is 1. The molecule has 1 aliphatic carbocycles. The van der Waals surface area contributed by atoms with Crippen LogP contribution in [0.4, 0.5) is 5.69 Å². The molecule has 1 aliphatic rings. The van der Waals surface area contributed by atoms with Crippen molar-refractivity contribution in [2.24, 2.45) is 0 Å². The fraction of sp³-hybridized carbons (Fsp3) is 0.300. The summed E-state index contributed by atoms with van der Waals surface area (Å²) in [6, 6.07) is 9.98. The van der Waals surface area contributed by atoms with Gasteiger partial charge in [-0.15, -0.1) is 0 Å². The molecule has 0 radical (unpaired) electrons. The molecule has 6 nitrogen and oxygen atoms in total. The van der Waals surface area contributed by atoms with Gasteiger partial charge in [-0.25, -0.2) is 4.79 Å². The third-order valence-corrected chi connectivity index (χ3v) is 4.65. The molecule has 0 heterocycles. The van der Waals surface area contributed by atoms with E-state index in [-0.39, 0.29) is 17.0 Å². The Hall–Kier alpha value is -3.02. The Balaban J connectivity index is 1.71. The average Bonchev–Trinajstić information content (AvgIpc) is 2.64. The minimum absolute atomic E-state index is 0.145. The molecule has 0 saturated carbocycles. The van der Waals surface area contributed by atoms with Crippen LogP contribution in [0.15, 0.2) is 36.4 Å². The molecule has 0 spiro atoms. The first-order valence-electron chi connectivity index (χ1n) is 8.53. The molecule has 0 saturated heterocycles. The first kappa shape index (κ1) is 17.8. The van der Waals surface area contributed by atoms with Crippen molar-refractivity contribution in [1.82, 2.24) is 0 Å². The summed E-state index contributed by atoms with van der Waals surface area (Å²) in [6.07, 6.45) is 4.24. The summed E-state index contributed by atoms with van der Waals surface area (Å²) in [5.41, 5.74) is 2.86. The van der Waals surface area contributed by atoms with Crippen LogP contribution < -0.4 is 0 Å². The molecule has 0 aromatic heterocycles. The molecule has 2 aromatic rings. The smallest absolute Gasteiger partial charge is 0.345 e. The van der Waals surface area contributed by atoms with Gasteiger partial charge in [0.2, 0.25) is 0 Å². The minimum Gasteiger partial charge on any atom is -0.454 e. The highest BCUT2D eigenvalue weighted by Crippen LogP contribution is 2.24. The number of ether oxygens (including phenoxy) is 1. The number of rotatable bonds is 5. The van der Waals surface area contributed by atoms with E-state index >= 15 is 0 Å². The van der Waals surface area contributed by atoms with Crippen molar-refractivity contribution in [3.8, 4) is 0 Å². The van der Waals surface area contributed by atoms with Gasteiger partial charge in [-0.2, -0.15) is 0 Å². The average molecular weight is 353 g/mol. The monoisotopic (exact) mass is 353 g/mol. The van der Waals surface area contributed by atoms with Crippen molar-refractivity contribution >= 4 is 17.4 Å². The first-order chi connectivity index (χ1) is 12.5. The van der Waals surface area contributed by atoms with E-state index in [2.05, 4.69) is 0 Å². The Kier molecular flexibility index (Phi) is 5.11. The quantitative estimate of drug-likeness (QED) is 0.353. The molecular weight excluding hydrogens is 334 g/mol. The Labute approximate surface area is 150 Å². The van der Waals surface area contributed by atoms with Crippen LogP contribution in [0.3, 0.4) is 0 Å². The van der Waals surface area contributed by atoms with Gasteiger partial charge in [0.1, 0.15) is 5.56 Å². The van der Waals surface area contributed by atoms with Crippen LogP contribution in [0, 0.1) is 17.0 Å². The number of esters is 1. The predicted molar refractivity (Wildman–Crippen MR) is 95.5 cm³/mol. The van der Waals surface area contributed by atoms with E-state index in [1.54, 1.807) is 25.1 Å². The molecule has 0 atom stereocenters. The lowest BCUT2D eigenvalue weighted by molar-refractivity contribution is -0.385. The molecule has 0 fully saturated rings. The number of nitro groups is 1. The lowest BCUT2D eigenvalue weighted by atomic mass is 9.90. The fourth-order valence-corrected chi connectivity index (χ4v) is 3.27. The predicted octanol–water partition coefficient (Wildman–Crippen LogP) is 3.82. The third-order valence-electron chi connectivity index (χ3n) is 4.65. The highest BCUT2D eigenvalue weighted by molar-refractivity contribution is 6.00. The van der Waals surface area contributed by atoms with E-state index in [1.165, 1.54) is 17.2 Å². The zero-order valence-electron chi connectivity index (χ0n) is 14.5. The van der Waals surface area contributed by atoms with Crippen molar-refractivity contribution in [3.63, 3.8) is 0 Å². The van der Waals surface area contributed by atoms with Gasteiger partial charge in [-0.05, 0) is 55.9 Å². The summed E-state index contributed by atoms with van der Waals surface area (Å²) < 4.78 is 5.04. The van der Waals surface area contributed by atoms with E-state index < -0.39 is 17.5 Å². The van der Waals surface area contributed by atoms with Crippen LogP contribution in [0.25, 0.3) is 0 Å². The molecule has 2 aromatic carbocycles. The molecule has 0 aliphatic heterocycles. The maximum Gasteiger partial charge on any atom is 0.345 e. The number of carbonyl (C=O) groups is 2. The second-order valence-corrected chi connectivity index (χ2v) is 6.42. The topological polar surface area (TPSA) is 86.5 Å². The normalized spacial score (nSPS) is 13.0. The summed E-state index contributed by atoms with van der Waals surface area (Å²) in [5, 5.41) is 11.2. The summed E-state index contributed by atoms with van der Waals surface area (Å²) in [4.78, 5) is 35.1. The van der Waals surface area contributed by atoms with E-state index in [1.807, 2.05) is 12.1 Å². The number of carbonyl (C=O) groups excluding carboxylic acids is 2. The van der Waals surface area contributed by atoms with Crippen LogP contribution in [0.2, 0.25) is 0 Å². The molecule has 0 amide bonds. The maximum atomic E-state index is 12.3. The van der Waals surface area contributed by atoms with Crippen LogP contribution in [0.5, 0.6) is 0 Å². The van der Waals surface area contributed by atoms with E-state index in [9.17, 15) is 19.7 Å². The van der Waals surface area contributed by atoms with Gasteiger partial charge in [0.05, 0.1) is 4.92 Å².